The van der Waals surface area contributed by atoms with E-state index in [1.165, 1.54) is 17.7 Å². The number of alkyl halides is 3. The second-order valence-corrected chi connectivity index (χ2v) is 4.66. The number of nitrogens with two attached hydrogens (primary N) is 1. The van der Waals surface area contributed by atoms with Crippen molar-refractivity contribution in [2.24, 2.45) is 5.73 Å². The van der Waals surface area contributed by atoms with Gasteiger partial charge < -0.3 is 5.73 Å². The Labute approximate surface area is 116 Å². The Bertz CT molecular complexity index is 541. The van der Waals surface area contributed by atoms with Gasteiger partial charge in [0.2, 0.25) is 0 Å². The molecule has 2 aromatic rings. The molecule has 0 bridgehead atoms. The zero-order chi connectivity index (χ0) is 14.6. The van der Waals surface area contributed by atoms with Crippen molar-refractivity contribution in [1.82, 2.24) is 0 Å². The number of benzene rings is 2. The Kier molecular flexibility index (Phi) is 4.45. The molecule has 0 spiro atoms. The maximum absolute atomic E-state index is 12.5. The van der Waals surface area contributed by atoms with Crippen molar-refractivity contribution in [2.75, 3.05) is 6.54 Å². The van der Waals surface area contributed by atoms with Crippen LogP contribution < -0.4 is 5.73 Å². The van der Waals surface area contributed by atoms with Crippen LogP contribution in [0.15, 0.2) is 48.5 Å². The molecule has 0 radical (unpaired) electrons. The molecule has 2 aromatic carbocycles. The average molecular weight is 279 g/mol. The molecule has 0 aromatic heterocycles. The summed E-state index contributed by atoms with van der Waals surface area (Å²) in [4.78, 5) is 0. The molecule has 0 atom stereocenters. The van der Waals surface area contributed by atoms with Crippen LogP contribution in [-0.2, 0) is 12.6 Å². The van der Waals surface area contributed by atoms with Crippen molar-refractivity contribution in [2.45, 2.75) is 19.0 Å². The lowest BCUT2D eigenvalue weighted by Crippen LogP contribution is -2.04. The standard InChI is InChI=1S/C16H16F3N/c17-16(18,19)15-9-7-14(8-10-15)13-5-3-12(4-6-13)2-1-11-20/h3-10H,1-2,11,20H2. The van der Waals surface area contributed by atoms with E-state index in [9.17, 15) is 13.2 Å². The highest BCUT2D eigenvalue weighted by Crippen LogP contribution is 2.31. The molecule has 0 fully saturated rings. The lowest BCUT2D eigenvalue weighted by Gasteiger charge is -2.08. The first-order valence-corrected chi connectivity index (χ1v) is 6.47. The Morgan fingerprint density at radius 2 is 1.30 bits per heavy atom. The van der Waals surface area contributed by atoms with Crippen LogP contribution in [-0.4, -0.2) is 6.54 Å². The van der Waals surface area contributed by atoms with E-state index in [0.717, 1.165) is 36.1 Å². The fraction of sp³-hybridized carbons (Fsp3) is 0.250. The summed E-state index contributed by atoms with van der Waals surface area (Å²) in [6.45, 7) is 0.653. The summed E-state index contributed by atoms with van der Waals surface area (Å²) in [5.41, 5.74) is 7.71. The summed E-state index contributed by atoms with van der Waals surface area (Å²) in [7, 11) is 0. The van der Waals surface area contributed by atoms with Crippen molar-refractivity contribution in [3.63, 3.8) is 0 Å². The third kappa shape index (κ3) is 3.61. The molecule has 2 N–H and O–H groups in total. The Hall–Kier alpha value is -1.81. The molecule has 0 amide bonds. The zero-order valence-corrected chi connectivity index (χ0v) is 11.0. The second kappa shape index (κ2) is 6.09. The molecule has 4 heteroatoms. The van der Waals surface area contributed by atoms with Crippen LogP contribution >= 0.6 is 0 Å². The summed E-state index contributed by atoms with van der Waals surface area (Å²) in [6, 6.07) is 13.0. The predicted octanol–water partition coefficient (Wildman–Crippen LogP) is 4.26. The van der Waals surface area contributed by atoms with Gasteiger partial charge in [0.15, 0.2) is 0 Å². The first-order valence-electron chi connectivity index (χ1n) is 6.47. The predicted molar refractivity (Wildman–Crippen MR) is 74.3 cm³/mol. The van der Waals surface area contributed by atoms with Gasteiger partial charge in [-0.3, -0.25) is 0 Å². The van der Waals surface area contributed by atoms with E-state index in [-0.39, 0.29) is 0 Å². The van der Waals surface area contributed by atoms with Crippen LogP contribution in [0.3, 0.4) is 0 Å². The van der Waals surface area contributed by atoms with Gasteiger partial charge in [-0.05, 0) is 48.2 Å². The Morgan fingerprint density at radius 1 is 0.800 bits per heavy atom. The van der Waals surface area contributed by atoms with E-state index in [4.69, 9.17) is 5.73 Å². The summed E-state index contributed by atoms with van der Waals surface area (Å²) in [5.74, 6) is 0. The van der Waals surface area contributed by atoms with Crippen LogP contribution in [0.25, 0.3) is 11.1 Å². The molecule has 20 heavy (non-hydrogen) atoms. The SMILES string of the molecule is NCCCc1ccc(-c2ccc(C(F)(F)F)cc2)cc1. The molecule has 106 valence electrons. The van der Waals surface area contributed by atoms with Crippen molar-refractivity contribution < 1.29 is 13.2 Å². The van der Waals surface area contributed by atoms with Crippen LogP contribution in [0.4, 0.5) is 13.2 Å². The van der Waals surface area contributed by atoms with Crippen molar-refractivity contribution >= 4 is 0 Å². The monoisotopic (exact) mass is 279 g/mol. The van der Waals surface area contributed by atoms with Gasteiger partial charge in [-0.25, -0.2) is 0 Å². The lowest BCUT2D eigenvalue weighted by atomic mass is 10.0. The lowest BCUT2D eigenvalue weighted by molar-refractivity contribution is -0.137. The van der Waals surface area contributed by atoms with Gasteiger partial charge in [-0.15, -0.1) is 0 Å². The highest BCUT2D eigenvalue weighted by Gasteiger charge is 2.29. The molecule has 0 unspecified atom stereocenters. The Morgan fingerprint density at radius 3 is 1.75 bits per heavy atom. The third-order valence-electron chi connectivity index (χ3n) is 3.17. The summed E-state index contributed by atoms with van der Waals surface area (Å²) in [5, 5.41) is 0. The molecule has 1 nitrogen and oxygen atoms in total. The fourth-order valence-corrected chi connectivity index (χ4v) is 2.02. The number of halogens is 3. The van der Waals surface area contributed by atoms with Gasteiger partial charge in [-0.1, -0.05) is 36.4 Å². The van der Waals surface area contributed by atoms with Gasteiger partial charge in [0, 0.05) is 0 Å². The van der Waals surface area contributed by atoms with E-state index < -0.39 is 11.7 Å². The first kappa shape index (κ1) is 14.6. The fourth-order valence-electron chi connectivity index (χ4n) is 2.02. The molecule has 0 aliphatic heterocycles. The van der Waals surface area contributed by atoms with Gasteiger partial charge >= 0.3 is 6.18 Å². The van der Waals surface area contributed by atoms with Crippen molar-refractivity contribution in [1.29, 1.82) is 0 Å². The summed E-state index contributed by atoms with van der Waals surface area (Å²) >= 11 is 0. The van der Waals surface area contributed by atoms with Gasteiger partial charge in [0.25, 0.3) is 0 Å². The van der Waals surface area contributed by atoms with Crippen LogP contribution in [0.1, 0.15) is 17.5 Å². The van der Waals surface area contributed by atoms with Crippen molar-refractivity contribution in [3.8, 4) is 11.1 Å². The third-order valence-corrected chi connectivity index (χ3v) is 3.17. The molecule has 0 heterocycles. The highest BCUT2D eigenvalue weighted by molar-refractivity contribution is 5.64. The molecular weight excluding hydrogens is 263 g/mol. The van der Waals surface area contributed by atoms with Crippen LogP contribution in [0, 0.1) is 0 Å². The maximum atomic E-state index is 12.5. The number of rotatable bonds is 4. The quantitative estimate of drug-likeness (QED) is 0.889. The minimum Gasteiger partial charge on any atom is -0.330 e. The number of hydrogen-bond donors (Lipinski definition) is 1. The Balaban J connectivity index is 2.15. The largest absolute Gasteiger partial charge is 0.416 e. The number of aryl methyl sites for hydroxylation is 1. The molecule has 0 aliphatic rings. The normalized spacial score (nSPS) is 11.6. The average Bonchev–Trinajstić information content (AvgIpc) is 2.45. The smallest absolute Gasteiger partial charge is 0.330 e. The van der Waals surface area contributed by atoms with Crippen LogP contribution in [0.5, 0.6) is 0 Å². The molecular formula is C16H16F3N. The van der Waals surface area contributed by atoms with E-state index >= 15 is 0 Å². The minimum absolute atomic E-state index is 0.624. The summed E-state index contributed by atoms with van der Waals surface area (Å²) in [6.07, 6.45) is -2.44. The number of hydrogen-bond acceptors (Lipinski definition) is 1. The molecule has 0 saturated heterocycles. The zero-order valence-electron chi connectivity index (χ0n) is 11.0. The highest BCUT2D eigenvalue weighted by atomic mass is 19.4. The first-order chi connectivity index (χ1) is 9.50. The molecule has 0 saturated carbocycles. The van der Waals surface area contributed by atoms with Crippen LogP contribution in [0.2, 0.25) is 0 Å². The van der Waals surface area contributed by atoms with E-state index in [0.29, 0.717) is 6.54 Å². The minimum atomic E-state index is -4.29. The maximum Gasteiger partial charge on any atom is 0.416 e. The molecule has 0 aliphatic carbocycles. The van der Waals surface area contributed by atoms with Gasteiger partial charge in [0.05, 0.1) is 5.56 Å². The van der Waals surface area contributed by atoms with E-state index in [1.807, 2.05) is 24.3 Å². The van der Waals surface area contributed by atoms with E-state index in [1.54, 1.807) is 0 Å². The molecule has 2 rings (SSSR count). The summed E-state index contributed by atoms with van der Waals surface area (Å²) < 4.78 is 37.4. The topological polar surface area (TPSA) is 26.0 Å². The second-order valence-electron chi connectivity index (χ2n) is 4.66. The van der Waals surface area contributed by atoms with E-state index in [2.05, 4.69) is 0 Å². The van der Waals surface area contributed by atoms with Gasteiger partial charge in [-0.2, -0.15) is 13.2 Å². The van der Waals surface area contributed by atoms with Crippen molar-refractivity contribution in [3.05, 3.63) is 59.7 Å². The van der Waals surface area contributed by atoms with Gasteiger partial charge in [0.1, 0.15) is 0 Å².